The van der Waals surface area contributed by atoms with Gasteiger partial charge in [0.25, 0.3) is 5.91 Å². The number of aromatic nitrogens is 1. The molecule has 6 nitrogen and oxygen atoms in total. The highest BCUT2D eigenvalue weighted by Crippen LogP contribution is 2.14. The van der Waals surface area contributed by atoms with Crippen molar-refractivity contribution in [1.82, 2.24) is 4.98 Å². The summed E-state index contributed by atoms with van der Waals surface area (Å²) < 4.78 is 10.8. The van der Waals surface area contributed by atoms with E-state index in [1.165, 1.54) is 7.11 Å². The summed E-state index contributed by atoms with van der Waals surface area (Å²) in [4.78, 5) is 28.4. The molecule has 0 bridgehead atoms. The predicted molar refractivity (Wildman–Crippen MR) is 93.0 cm³/mol. The van der Waals surface area contributed by atoms with Crippen LogP contribution in [-0.4, -0.2) is 30.9 Å². The maximum absolute atomic E-state index is 12.2. The molecule has 24 heavy (non-hydrogen) atoms. The van der Waals surface area contributed by atoms with Crippen LogP contribution in [0.3, 0.4) is 0 Å². The first-order valence-corrected chi connectivity index (χ1v) is 7.69. The zero-order valence-corrected chi connectivity index (χ0v) is 14.7. The van der Waals surface area contributed by atoms with Crippen LogP contribution in [0.25, 0.3) is 0 Å². The highest BCUT2D eigenvalue weighted by atomic mass is 79.9. The third-order valence-corrected chi connectivity index (χ3v) is 3.52. The number of amides is 1. The number of ketones is 1. The minimum absolute atomic E-state index is 0.111. The number of pyridine rings is 1. The number of anilines is 1. The molecule has 0 radical (unpaired) electrons. The highest BCUT2D eigenvalue weighted by Gasteiger charge is 2.14. The second-order valence-electron chi connectivity index (χ2n) is 4.62. The Morgan fingerprint density at radius 2 is 1.83 bits per heavy atom. The van der Waals surface area contributed by atoms with Gasteiger partial charge >= 0.3 is 0 Å². The molecule has 1 heterocycles. The number of carbonyl (C=O) groups is 2. The summed E-state index contributed by atoms with van der Waals surface area (Å²) in [5.74, 6) is -0.0345. The smallest absolute Gasteiger partial charge is 0.292 e. The molecule has 1 amide bonds. The van der Waals surface area contributed by atoms with Crippen LogP contribution in [0, 0.1) is 0 Å². The Hall–Kier alpha value is -2.67. The van der Waals surface area contributed by atoms with Crippen LogP contribution in [0.4, 0.5) is 5.82 Å². The molecule has 2 aromatic rings. The van der Waals surface area contributed by atoms with Crippen molar-refractivity contribution in [3.8, 4) is 5.75 Å². The molecule has 124 valence electrons. The monoisotopic (exact) mass is 390 g/mol. The van der Waals surface area contributed by atoms with Crippen LogP contribution < -0.4 is 10.1 Å². The van der Waals surface area contributed by atoms with Crippen molar-refractivity contribution >= 4 is 33.4 Å². The van der Waals surface area contributed by atoms with E-state index in [1.807, 2.05) is 0 Å². The van der Waals surface area contributed by atoms with Gasteiger partial charge in [-0.25, -0.2) is 4.98 Å². The summed E-state index contributed by atoms with van der Waals surface area (Å²) in [5.41, 5.74) is 0.417. The maximum atomic E-state index is 12.2. The summed E-state index contributed by atoms with van der Waals surface area (Å²) >= 11 is 3.26. The number of nitrogens with one attached hydrogen (secondary N) is 1. The van der Waals surface area contributed by atoms with Crippen LogP contribution in [0.2, 0.25) is 0 Å². The van der Waals surface area contributed by atoms with E-state index in [0.717, 1.165) is 10.5 Å². The van der Waals surface area contributed by atoms with E-state index >= 15 is 0 Å². The number of methoxy groups -OCH3 is 2. The predicted octanol–water partition coefficient (Wildman–Crippen LogP) is 3.20. The second kappa shape index (κ2) is 8.26. The van der Waals surface area contributed by atoms with Crippen LogP contribution >= 0.6 is 15.9 Å². The topological polar surface area (TPSA) is 77.5 Å². The van der Waals surface area contributed by atoms with E-state index in [2.05, 4.69) is 26.2 Å². The molecule has 1 aromatic heterocycles. The van der Waals surface area contributed by atoms with E-state index in [-0.39, 0.29) is 11.5 Å². The van der Waals surface area contributed by atoms with Gasteiger partial charge in [0.15, 0.2) is 11.5 Å². The molecule has 2 rings (SSSR count). The molecule has 0 aliphatic carbocycles. The Morgan fingerprint density at radius 1 is 1.12 bits per heavy atom. The van der Waals surface area contributed by atoms with Gasteiger partial charge in [-0.2, -0.15) is 0 Å². The van der Waals surface area contributed by atoms with Gasteiger partial charge in [-0.1, -0.05) is 0 Å². The van der Waals surface area contributed by atoms with Gasteiger partial charge in [0.2, 0.25) is 0 Å². The van der Waals surface area contributed by atoms with E-state index in [0.29, 0.717) is 17.1 Å². The number of carbonyl (C=O) groups excluding carboxylic acids is 2. The van der Waals surface area contributed by atoms with Gasteiger partial charge in [0.05, 0.1) is 14.2 Å². The van der Waals surface area contributed by atoms with Gasteiger partial charge < -0.3 is 14.8 Å². The Morgan fingerprint density at radius 3 is 2.38 bits per heavy atom. The van der Waals surface area contributed by atoms with Crippen LogP contribution in [-0.2, 0) is 9.53 Å². The molecular formula is C17H15BrN2O4. The Bertz CT molecular complexity index is 755. The fourth-order valence-electron chi connectivity index (χ4n) is 1.80. The van der Waals surface area contributed by atoms with Gasteiger partial charge in [-0.15, -0.1) is 0 Å². The molecule has 0 saturated heterocycles. The lowest BCUT2D eigenvalue weighted by atomic mass is 10.1. The van der Waals surface area contributed by atoms with Crippen molar-refractivity contribution in [1.29, 1.82) is 0 Å². The third-order valence-electron chi connectivity index (χ3n) is 3.05. The van der Waals surface area contributed by atoms with Gasteiger partial charge in [-0.3, -0.25) is 9.59 Å². The first kappa shape index (κ1) is 17.7. The molecule has 7 heteroatoms. The Labute approximate surface area is 147 Å². The average Bonchev–Trinajstić information content (AvgIpc) is 2.61. The number of nitrogens with zero attached hydrogens (tertiary/aromatic N) is 1. The minimum atomic E-state index is -0.561. The minimum Gasteiger partial charge on any atom is -0.497 e. The first-order chi connectivity index (χ1) is 11.5. The summed E-state index contributed by atoms with van der Waals surface area (Å²) in [6.45, 7) is 0. The normalized spacial score (nSPS) is 10.9. The fourth-order valence-corrected chi connectivity index (χ4v) is 2.04. The van der Waals surface area contributed by atoms with Crippen LogP contribution in [0.5, 0.6) is 5.75 Å². The summed E-state index contributed by atoms with van der Waals surface area (Å²) in [7, 11) is 2.86. The van der Waals surface area contributed by atoms with E-state index in [1.54, 1.807) is 49.7 Å². The average molecular weight is 391 g/mol. The van der Waals surface area contributed by atoms with Crippen molar-refractivity contribution in [2.24, 2.45) is 0 Å². The second-order valence-corrected chi connectivity index (χ2v) is 5.54. The summed E-state index contributed by atoms with van der Waals surface area (Å²) in [6, 6.07) is 9.92. The van der Waals surface area contributed by atoms with Crippen molar-refractivity contribution in [3.63, 3.8) is 0 Å². The number of halogens is 1. The maximum Gasteiger partial charge on any atom is 0.292 e. The highest BCUT2D eigenvalue weighted by molar-refractivity contribution is 9.10. The van der Waals surface area contributed by atoms with Crippen molar-refractivity contribution in [2.75, 3.05) is 19.5 Å². The molecule has 1 N–H and O–H groups in total. The molecular weight excluding hydrogens is 376 g/mol. The number of hydrogen-bond acceptors (Lipinski definition) is 5. The molecule has 0 saturated carbocycles. The Kier molecular flexibility index (Phi) is 6.08. The Balaban J connectivity index is 2.12. The van der Waals surface area contributed by atoms with Crippen LogP contribution in [0.15, 0.2) is 58.9 Å². The van der Waals surface area contributed by atoms with Crippen molar-refractivity contribution in [3.05, 3.63) is 64.5 Å². The van der Waals surface area contributed by atoms with Gasteiger partial charge in [0.1, 0.15) is 11.6 Å². The van der Waals surface area contributed by atoms with E-state index < -0.39 is 5.91 Å². The molecule has 0 aliphatic rings. The third kappa shape index (κ3) is 4.66. The number of benzene rings is 1. The molecule has 0 unspecified atom stereocenters. The number of hydrogen-bond donors (Lipinski definition) is 1. The van der Waals surface area contributed by atoms with E-state index in [9.17, 15) is 9.59 Å². The SMILES string of the molecule is COC(=CC(=O)c1ccc(OC)cc1)C(=O)Nc1ccc(Br)cn1. The zero-order valence-electron chi connectivity index (χ0n) is 13.1. The standard InChI is InChI=1S/C17H15BrN2O4/c1-23-13-6-3-11(4-7-13)14(21)9-15(24-2)17(22)20-16-8-5-12(18)10-19-16/h3-10H,1-2H3,(H,19,20,22). The quantitative estimate of drug-likeness (QED) is 0.465. The van der Waals surface area contributed by atoms with Gasteiger partial charge in [-0.05, 0) is 52.3 Å². The summed E-state index contributed by atoms with van der Waals surface area (Å²) in [5, 5.41) is 2.56. The van der Waals surface area contributed by atoms with E-state index in [4.69, 9.17) is 9.47 Å². The molecule has 0 fully saturated rings. The summed E-state index contributed by atoms with van der Waals surface area (Å²) in [6.07, 6.45) is 2.68. The lowest BCUT2D eigenvalue weighted by molar-refractivity contribution is -0.115. The number of allylic oxidation sites excluding steroid dienone is 1. The molecule has 0 atom stereocenters. The first-order valence-electron chi connectivity index (χ1n) is 6.90. The largest absolute Gasteiger partial charge is 0.497 e. The fraction of sp³-hybridized carbons (Fsp3) is 0.118. The lowest BCUT2D eigenvalue weighted by Crippen LogP contribution is -2.17. The number of ether oxygens (including phenoxy) is 2. The lowest BCUT2D eigenvalue weighted by Gasteiger charge is -2.07. The van der Waals surface area contributed by atoms with Crippen molar-refractivity contribution in [2.45, 2.75) is 0 Å². The van der Waals surface area contributed by atoms with Gasteiger partial charge in [0, 0.05) is 22.3 Å². The number of rotatable bonds is 6. The molecule has 1 aromatic carbocycles. The molecule has 0 aliphatic heterocycles. The zero-order chi connectivity index (χ0) is 17.5. The van der Waals surface area contributed by atoms with Crippen LogP contribution in [0.1, 0.15) is 10.4 Å². The molecule has 0 spiro atoms. The van der Waals surface area contributed by atoms with Crippen molar-refractivity contribution < 1.29 is 19.1 Å².